The Balaban J connectivity index is 1.79. The lowest BCUT2D eigenvalue weighted by Gasteiger charge is -2.38. The quantitative estimate of drug-likeness (QED) is 0.865. The number of carbonyl (C=O) groups is 1. The van der Waals surface area contributed by atoms with Crippen LogP contribution in [0.3, 0.4) is 0 Å². The number of nitrogens with zero attached hydrogens (tertiary/aromatic N) is 4. The summed E-state index contributed by atoms with van der Waals surface area (Å²) in [6, 6.07) is 9.54. The number of anilines is 1. The van der Waals surface area contributed by atoms with Gasteiger partial charge in [0.2, 0.25) is 0 Å². The SMILES string of the molecule is Cc1nc(Br)c(C(C(=O)O)N2CCN(c3ccccc3)CC2)n1C. The number of imidazole rings is 1. The second-order valence-corrected chi connectivity index (χ2v) is 6.74. The lowest BCUT2D eigenvalue weighted by Crippen LogP contribution is -2.49. The van der Waals surface area contributed by atoms with Gasteiger partial charge in [-0.2, -0.15) is 0 Å². The molecule has 0 saturated carbocycles. The number of carboxylic acids is 1. The molecule has 0 bridgehead atoms. The molecule has 1 aromatic carbocycles. The maximum absolute atomic E-state index is 11.9. The number of hydrogen-bond acceptors (Lipinski definition) is 4. The van der Waals surface area contributed by atoms with E-state index in [4.69, 9.17) is 0 Å². The lowest BCUT2D eigenvalue weighted by molar-refractivity contribution is -0.144. The highest BCUT2D eigenvalue weighted by Crippen LogP contribution is 2.30. The first-order valence-corrected chi connectivity index (χ1v) is 8.74. The van der Waals surface area contributed by atoms with Crippen molar-refractivity contribution < 1.29 is 9.90 Å². The molecule has 2 heterocycles. The van der Waals surface area contributed by atoms with Gasteiger partial charge >= 0.3 is 5.97 Å². The number of piperazine rings is 1. The fourth-order valence-corrected chi connectivity index (χ4v) is 3.95. The van der Waals surface area contributed by atoms with Crippen LogP contribution in [0, 0.1) is 6.92 Å². The molecule has 7 heteroatoms. The fraction of sp³-hybridized carbons (Fsp3) is 0.412. The molecule has 1 saturated heterocycles. The highest BCUT2D eigenvalue weighted by atomic mass is 79.9. The molecule has 1 fully saturated rings. The van der Waals surface area contributed by atoms with Crippen LogP contribution >= 0.6 is 15.9 Å². The summed E-state index contributed by atoms with van der Waals surface area (Å²) in [6.07, 6.45) is 0. The lowest BCUT2D eigenvalue weighted by atomic mass is 10.1. The highest BCUT2D eigenvalue weighted by molar-refractivity contribution is 9.10. The van der Waals surface area contributed by atoms with Gasteiger partial charge in [0.1, 0.15) is 10.4 Å². The Hall–Kier alpha value is -1.86. The summed E-state index contributed by atoms with van der Waals surface area (Å²) >= 11 is 3.42. The number of carboxylic acid groups (broad SMARTS) is 1. The van der Waals surface area contributed by atoms with Crippen molar-refractivity contribution in [2.45, 2.75) is 13.0 Å². The summed E-state index contributed by atoms with van der Waals surface area (Å²) < 4.78 is 2.47. The predicted molar refractivity (Wildman–Crippen MR) is 96.2 cm³/mol. The van der Waals surface area contributed by atoms with Gasteiger partial charge in [-0.25, -0.2) is 4.98 Å². The summed E-state index contributed by atoms with van der Waals surface area (Å²) in [5.41, 5.74) is 1.88. The van der Waals surface area contributed by atoms with Crippen molar-refractivity contribution in [3.8, 4) is 0 Å². The fourth-order valence-electron chi connectivity index (χ4n) is 3.21. The minimum absolute atomic E-state index is 0.611. The van der Waals surface area contributed by atoms with E-state index in [9.17, 15) is 9.90 Å². The minimum Gasteiger partial charge on any atom is -0.480 e. The maximum Gasteiger partial charge on any atom is 0.327 e. The zero-order valence-corrected chi connectivity index (χ0v) is 15.4. The first kappa shape index (κ1) is 17.0. The van der Waals surface area contributed by atoms with Crippen LogP contribution in [0.2, 0.25) is 0 Å². The second kappa shape index (κ2) is 6.94. The largest absolute Gasteiger partial charge is 0.480 e. The monoisotopic (exact) mass is 392 g/mol. The molecule has 1 aliphatic heterocycles. The average molecular weight is 393 g/mol. The van der Waals surface area contributed by atoms with E-state index < -0.39 is 12.0 Å². The van der Waals surface area contributed by atoms with Crippen molar-refractivity contribution in [3.63, 3.8) is 0 Å². The van der Waals surface area contributed by atoms with Crippen LogP contribution in [0.5, 0.6) is 0 Å². The molecule has 128 valence electrons. The number of rotatable bonds is 4. The molecule has 0 aliphatic carbocycles. The van der Waals surface area contributed by atoms with Crippen molar-refractivity contribution in [2.75, 3.05) is 31.1 Å². The minimum atomic E-state index is -0.841. The standard InChI is InChI=1S/C17H21BrN4O2/c1-12-19-16(18)14(20(12)2)15(17(23)24)22-10-8-21(9-11-22)13-6-4-3-5-7-13/h3-7,15H,8-11H2,1-2H3,(H,23,24). The molecule has 0 amide bonds. The summed E-state index contributed by atoms with van der Waals surface area (Å²) in [6.45, 7) is 4.88. The Morgan fingerprint density at radius 2 is 1.83 bits per heavy atom. The molecule has 2 aromatic rings. The number of aromatic nitrogens is 2. The van der Waals surface area contributed by atoms with Gasteiger partial charge in [0.25, 0.3) is 0 Å². The Bertz CT molecular complexity index is 724. The number of para-hydroxylation sites is 1. The van der Waals surface area contributed by atoms with Crippen LogP contribution in [0.4, 0.5) is 5.69 Å². The van der Waals surface area contributed by atoms with Gasteiger partial charge in [0.05, 0.1) is 5.69 Å². The van der Waals surface area contributed by atoms with Crippen LogP contribution in [0.15, 0.2) is 34.9 Å². The third-order valence-electron chi connectivity index (χ3n) is 4.61. The number of aryl methyl sites for hydroxylation is 1. The van der Waals surface area contributed by atoms with Crippen molar-refractivity contribution >= 4 is 27.6 Å². The molecule has 1 unspecified atom stereocenters. The van der Waals surface area contributed by atoms with Crippen LogP contribution in [0.25, 0.3) is 0 Å². The summed E-state index contributed by atoms with van der Waals surface area (Å²) in [5.74, 6) is -0.0436. The Morgan fingerprint density at radius 1 is 1.21 bits per heavy atom. The van der Waals surface area contributed by atoms with E-state index in [0.29, 0.717) is 23.4 Å². The Morgan fingerprint density at radius 3 is 2.33 bits per heavy atom. The summed E-state index contributed by atoms with van der Waals surface area (Å²) in [5, 5.41) is 9.80. The highest BCUT2D eigenvalue weighted by Gasteiger charge is 2.34. The normalized spacial score (nSPS) is 17.0. The number of benzene rings is 1. The van der Waals surface area contributed by atoms with Gasteiger partial charge in [0, 0.05) is 38.9 Å². The van der Waals surface area contributed by atoms with Crippen molar-refractivity contribution in [1.29, 1.82) is 0 Å². The summed E-state index contributed by atoms with van der Waals surface area (Å²) in [4.78, 5) is 20.6. The molecule has 24 heavy (non-hydrogen) atoms. The first-order chi connectivity index (χ1) is 11.5. The topological polar surface area (TPSA) is 61.6 Å². The van der Waals surface area contributed by atoms with E-state index in [1.807, 2.05) is 41.6 Å². The Labute approximate surface area is 149 Å². The predicted octanol–water partition coefficient (Wildman–Crippen LogP) is 2.44. The van der Waals surface area contributed by atoms with Crippen molar-refractivity contribution in [3.05, 3.63) is 46.5 Å². The van der Waals surface area contributed by atoms with E-state index >= 15 is 0 Å². The van der Waals surface area contributed by atoms with Gasteiger partial charge in [-0.05, 0) is 35.0 Å². The number of hydrogen-bond donors (Lipinski definition) is 1. The molecule has 0 spiro atoms. The molecule has 1 aliphatic rings. The smallest absolute Gasteiger partial charge is 0.327 e. The molecule has 1 aromatic heterocycles. The van der Waals surface area contributed by atoms with Crippen LogP contribution in [-0.4, -0.2) is 51.7 Å². The van der Waals surface area contributed by atoms with Crippen molar-refractivity contribution in [1.82, 2.24) is 14.5 Å². The van der Waals surface area contributed by atoms with E-state index in [2.05, 4.69) is 37.9 Å². The van der Waals surface area contributed by atoms with Crippen LogP contribution in [0.1, 0.15) is 17.6 Å². The third kappa shape index (κ3) is 3.18. The van der Waals surface area contributed by atoms with E-state index in [0.717, 1.165) is 18.9 Å². The number of halogens is 1. The van der Waals surface area contributed by atoms with Gasteiger partial charge in [-0.15, -0.1) is 0 Å². The van der Waals surface area contributed by atoms with Crippen LogP contribution < -0.4 is 4.90 Å². The molecule has 0 radical (unpaired) electrons. The second-order valence-electron chi connectivity index (χ2n) is 5.99. The van der Waals surface area contributed by atoms with Gasteiger partial charge < -0.3 is 14.6 Å². The number of aliphatic carboxylic acids is 1. The van der Waals surface area contributed by atoms with Gasteiger partial charge in [-0.1, -0.05) is 18.2 Å². The zero-order valence-electron chi connectivity index (χ0n) is 13.8. The van der Waals surface area contributed by atoms with Crippen molar-refractivity contribution in [2.24, 2.45) is 7.05 Å². The van der Waals surface area contributed by atoms with Crippen LogP contribution in [-0.2, 0) is 11.8 Å². The zero-order chi connectivity index (χ0) is 17.3. The molecular weight excluding hydrogens is 372 g/mol. The average Bonchev–Trinajstić information content (AvgIpc) is 2.83. The van der Waals surface area contributed by atoms with E-state index in [1.54, 1.807) is 0 Å². The maximum atomic E-state index is 11.9. The molecule has 1 N–H and O–H groups in total. The Kier molecular flexibility index (Phi) is 4.91. The molecule has 6 nitrogen and oxygen atoms in total. The first-order valence-electron chi connectivity index (χ1n) is 7.94. The molecule has 1 atom stereocenters. The van der Waals surface area contributed by atoms with E-state index in [-0.39, 0.29) is 0 Å². The third-order valence-corrected chi connectivity index (χ3v) is 5.20. The van der Waals surface area contributed by atoms with Gasteiger partial charge in [-0.3, -0.25) is 9.69 Å². The summed E-state index contributed by atoms with van der Waals surface area (Å²) in [7, 11) is 1.86. The van der Waals surface area contributed by atoms with E-state index in [1.165, 1.54) is 5.69 Å². The molecule has 3 rings (SSSR count). The molecular formula is C17H21BrN4O2. The van der Waals surface area contributed by atoms with Gasteiger partial charge in [0.15, 0.2) is 6.04 Å².